The maximum absolute atomic E-state index is 12.8. The normalized spacial score (nSPS) is 21.0. The van der Waals surface area contributed by atoms with Gasteiger partial charge in [-0.05, 0) is 48.8 Å². The SMILES string of the molecule is Cc1ccc(C(=O)N2CC(C)CC(C)C2)cc1NC(=O)CC(C)C. The minimum atomic E-state index is -0.00193. The highest BCUT2D eigenvalue weighted by Crippen LogP contribution is 2.24. The third-order valence-corrected chi connectivity index (χ3v) is 4.51. The number of nitrogens with one attached hydrogen (secondary N) is 1. The fraction of sp³-hybridized carbons (Fsp3) is 0.600. The lowest BCUT2D eigenvalue weighted by Gasteiger charge is -2.35. The summed E-state index contributed by atoms with van der Waals surface area (Å²) in [4.78, 5) is 26.8. The lowest BCUT2D eigenvalue weighted by molar-refractivity contribution is -0.116. The monoisotopic (exact) mass is 330 g/mol. The number of carbonyl (C=O) groups is 2. The first-order valence-electron chi connectivity index (χ1n) is 8.96. The second kappa shape index (κ2) is 7.82. The minimum absolute atomic E-state index is 0.00193. The number of hydrogen-bond acceptors (Lipinski definition) is 2. The lowest BCUT2D eigenvalue weighted by Crippen LogP contribution is -2.42. The van der Waals surface area contributed by atoms with Gasteiger partial charge >= 0.3 is 0 Å². The summed E-state index contributed by atoms with van der Waals surface area (Å²) in [5.74, 6) is 1.44. The van der Waals surface area contributed by atoms with Crippen LogP contribution in [0, 0.1) is 24.7 Å². The summed E-state index contributed by atoms with van der Waals surface area (Å²) < 4.78 is 0. The van der Waals surface area contributed by atoms with Crippen LogP contribution in [0.2, 0.25) is 0 Å². The summed E-state index contributed by atoms with van der Waals surface area (Å²) in [6.07, 6.45) is 1.66. The quantitative estimate of drug-likeness (QED) is 0.903. The van der Waals surface area contributed by atoms with E-state index in [2.05, 4.69) is 19.2 Å². The summed E-state index contributed by atoms with van der Waals surface area (Å²) in [7, 11) is 0. The van der Waals surface area contributed by atoms with E-state index >= 15 is 0 Å². The molecule has 2 atom stereocenters. The van der Waals surface area contributed by atoms with Gasteiger partial charge in [-0.2, -0.15) is 0 Å². The van der Waals surface area contributed by atoms with Crippen molar-refractivity contribution >= 4 is 17.5 Å². The van der Waals surface area contributed by atoms with Crippen LogP contribution in [0.4, 0.5) is 5.69 Å². The molecule has 0 saturated carbocycles. The molecule has 1 aromatic rings. The Morgan fingerprint density at radius 3 is 2.42 bits per heavy atom. The third-order valence-electron chi connectivity index (χ3n) is 4.51. The van der Waals surface area contributed by atoms with E-state index < -0.39 is 0 Å². The number of aryl methyl sites for hydroxylation is 1. The fourth-order valence-corrected chi connectivity index (χ4v) is 3.47. The molecule has 1 fully saturated rings. The van der Waals surface area contributed by atoms with Crippen molar-refractivity contribution < 1.29 is 9.59 Å². The molecule has 1 aliphatic heterocycles. The van der Waals surface area contributed by atoms with Gasteiger partial charge in [0.25, 0.3) is 5.91 Å². The molecule has 132 valence electrons. The molecule has 0 aromatic heterocycles. The molecule has 0 spiro atoms. The van der Waals surface area contributed by atoms with Crippen LogP contribution in [0.5, 0.6) is 0 Å². The number of amides is 2. The first kappa shape index (κ1) is 18.5. The number of nitrogens with zero attached hydrogens (tertiary/aromatic N) is 1. The van der Waals surface area contributed by atoms with E-state index in [1.54, 1.807) is 0 Å². The van der Waals surface area contributed by atoms with Gasteiger partial charge in [0.2, 0.25) is 5.91 Å². The van der Waals surface area contributed by atoms with Gasteiger partial charge in [-0.15, -0.1) is 0 Å². The van der Waals surface area contributed by atoms with Crippen molar-refractivity contribution in [3.63, 3.8) is 0 Å². The van der Waals surface area contributed by atoms with Gasteiger partial charge in [-0.3, -0.25) is 9.59 Å². The molecule has 2 rings (SSSR count). The molecule has 0 bridgehead atoms. The predicted molar refractivity (Wildman–Crippen MR) is 98.1 cm³/mol. The van der Waals surface area contributed by atoms with Crippen molar-refractivity contribution in [3.05, 3.63) is 29.3 Å². The van der Waals surface area contributed by atoms with Crippen molar-refractivity contribution in [2.45, 2.75) is 47.5 Å². The van der Waals surface area contributed by atoms with Gasteiger partial charge in [0.1, 0.15) is 0 Å². The molecule has 0 aliphatic carbocycles. The van der Waals surface area contributed by atoms with Crippen molar-refractivity contribution in [1.82, 2.24) is 4.90 Å². The van der Waals surface area contributed by atoms with E-state index in [9.17, 15) is 9.59 Å². The Morgan fingerprint density at radius 1 is 1.21 bits per heavy atom. The van der Waals surface area contributed by atoms with Crippen molar-refractivity contribution in [3.8, 4) is 0 Å². The number of anilines is 1. The fourth-order valence-electron chi connectivity index (χ4n) is 3.47. The Labute approximate surface area is 145 Å². The number of carbonyl (C=O) groups excluding carboxylic acids is 2. The molecular formula is C20H30N2O2. The number of piperidine rings is 1. The zero-order chi connectivity index (χ0) is 17.9. The molecule has 4 heteroatoms. The molecule has 1 heterocycles. The van der Waals surface area contributed by atoms with Crippen LogP contribution in [-0.2, 0) is 4.79 Å². The average molecular weight is 330 g/mol. The Balaban J connectivity index is 2.14. The highest BCUT2D eigenvalue weighted by atomic mass is 16.2. The zero-order valence-corrected chi connectivity index (χ0v) is 15.6. The van der Waals surface area contributed by atoms with E-state index in [4.69, 9.17) is 0 Å². The highest BCUT2D eigenvalue weighted by molar-refractivity contribution is 5.97. The summed E-state index contributed by atoms with van der Waals surface area (Å²) in [6.45, 7) is 12.0. The summed E-state index contributed by atoms with van der Waals surface area (Å²) >= 11 is 0. The van der Waals surface area contributed by atoms with E-state index in [0.29, 0.717) is 29.7 Å². The molecule has 1 N–H and O–H groups in total. The Kier molecular flexibility index (Phi) is 6.03. The Hall–Kier alpha value is -1.84. The first-order valence-corrected chi connectivity index (χ1v) is 8.96. The Morgan fingerprint density at radius 2 is 1.83 bits per heavy atom. The topological polar surface area (TPSA) is 49.4 Å². The number of rotatable bonds is 4. The van der Waals surface area contributed by atoms with Crippen LogP contribution in [0.25, 0.3) is 0 Å². The molecule has 24 heavy (non-hydrogen) atoms. The van der Waals surface area contributed by atoms with Crippen LogP contribution in [-0.4, -0.2) is 29.8 Å². The average Bonchev–Trinajstić information content (AvgIpc) is 2.47. The van der Waals surface area contributed by atoms with Crippen molar-refractivity contribution in [2.24, 2.45) is 17.8 Å². The summed E-state index contributed by atoms with van der Waals surface area (Å²) in [5, 5.41) is 2.95. The summed E-state index contributed by atoms with van der Waals surface area (Å²) in [5.41, 5.74) is 2.37. The van der Waals surface area contributed by atoms with Crippen molar-refractivity contribution in [2.75, 3.05) is 18.4 Å². The molecule has 2 amide bonds. The van der Waals surface area contributed by atoms with Gasteiger partial charge < -0.3 is 10.2 Å². The van der Waals surface area contributed by atoms with Gasteiger partial charge in [0, 0.05) is 30.8 Å². The second-order valence-electron chi connectivity index (χ2n) is 7.83. The second-order valence-corrected chi connectivity index (χ2v) is 7.83. The van der Waals surface area contributed by atoms with Crippen LogP contribution in [0.15, 0.2) is 18.2 Å². The van der Waals surface area contributed by atoms with Crippen LogP contribution >= 0.6 is 0 Å². The van der Waals surface area contributed by atoms with Gasteiger partial charge in [-0.25, -0.2) is 0 Å². The summed E-state index contributed by atoms with van der Waals surface area (Å²) in [6, 6.07) is 5.59. The van der Waals surface area contributed by atoms with E-state index in [1.807, 2.05) is 43.9 Å². The predicted octanol–water partition coefficient (Wildman–Crippen LogP) is 4.10. The van der Waals surface area contributed by atoms with Crippen LogP contribution in [0.3, 0.4) is 0 Å². The molecule has 2 unspecified atom stereocenters. The maximum atomic E-state index is 12.8. The number of likely N-dealkylation sites (tertiary alicyclic amines) is 1. The van der Waals surface area contributed by atoms with Gasteiger partial charge in [0.05, 0.1) is 0 Å². The largest absolute Gasteiger partial charge is 0.338 e. The maximum Gasteiger partial charge on any atom is 0.253 e. The smallest absolute Gasteiger partial charge is 0.253 e. The lowest BCUT2D eigenvalue weighted by atomic mass is 9.91. The number of hydrogen-bond donors (Lipinski definition) is 1. The molecular weight excluding hydrogens is 300 g/mol. The van der Waals surface area contributed by atoms with Gasteiger partial charge in [0.15, 0.2) is 0 Å². The van der Waals surface area contributed by atoms with E-state index in [-0.39, 0.29) is 11.8 Å². The molecule has 0 radical (unpaired) electrons. The van der Waals surface area contributed by atoms with Crippen LogP contribution in [0.1, 0.15) is 56.5 Å². The highest BCUT2D eigenvalue weighted by Gasteiger charge is 2.26. The first-order chi connectivity index (χ1) is 11.3. The molecule has 1 aliphatic rings. The third kappa shape index (κ3) is 4.83. The van der Waals surface area contributed by atoms with E-state index in [0.717, 1.165) is 24.3 Å². The van der Waals surface area contributed by atoms with E-state index in [1.165, 1.54) is 6.42 Å². The van der Waals surface area contributed by atoms with Crippen molar-refractivity contribution in [1.29, 1.82) is 0 Å². The van der Waals surface area contributed by atoms with Crippen LogP contribution < -0.4 is 5.32 Å². The number of benzene rings is 1. The molecule has 1 saturated heterocycles. The minimum Gasteiger partial charge on any atom is -0.338 e. The zero-order valence-electron chi connectivity index (χ0n) is 15.6. The Bertz CT molecular complexity index is 600. The molecule has 1 aromatic carbocycles. The van der Waals surface area contributed by atoms with Gasteiger partial charge in [-0.1, -0.05) is 33.8 Å². The molecule has 4 nitrogen and oxygen atoms in total. The standard InChI is InChI=1S/C20H30N2O2/c1-13(2)8-19(23)21-18-10-17(7-6-16(18)5)20(24)22-11-14(3)9-15(4)12-22/h6-7,10,13-15H,8-9,11-12H2,1-5H3,(H,21,23).